The topological polar surface area (TPSA) is 549 Å². The summed E-state index contributed by atoms with van der Waals surface area (Å²) in [6.07, 6.45) is 4.61. The second-order valence-corrected chi connectivity index (χ2v) is 34.8. The van der Waals surface area contributed by atoms with Gasteiger partial charge in [0.15, 0.2) is 5.78 Å². The fraction of sp³-hybridized carbons (Fsp3) is 0.567. The highest BCUT2D eigenvalue weighted by Gasteiger charge is 2.43. The Morgan fingerprint density at radius 3 is 1.76 bits per heavy atom. The number of aliphatic hydroxyl groups excluding tert-OH is 1. The van der Waals surface area contributed by atoms with Crippen LogP contribution in [0.25, 0.3) is 10.9 Å². The number of rotatable bonds is 36. The zero-order chi connectivity index (χ0) is 94.0. The summed E-state index contributed by atoms with van der Waals surface area (Å²) in [5.41, 5.74) is 3.54. The van der Waals surface area contributed by atoms with Crippen LogP contribution in [0.5, 0.6) is 5.75 Å². The van der Waals surface area contributed by atoms with E-state index in [9.17, 15) is 68.1 Å². The average molecular weight is 1780 g/mol. The molecule has 2 heterocycles. The molecule has 0 bridgehead atoms. The van der Waals surface area contributed by atoms with Crippen molar-refractivity contribution in [2.24, 2.45) is 29.4 Å². The van der Waals surface area contributed by atoms with Crippen molar-refractivity contribution in [3.63, 3.8) is 0 Å². The summed E-state index contributed by atoms with van der Waals surface area (Å²) in [5, 5.41) is 67.3. The van der Waals surface area contributed by atoms with E-state index in [2.05, 4.69) is 74.1 Å². The number of nitrogens with one attached hydrogen (secondary N) is 14. The number of carbonyl (C=O) groups excluding carboxylic acids is 16. The first kappa shape index (κ1) is 105. The highest BCUT2D eigenvalue weighted by Crippen LogP contribution is 2.28. The fourth-order valence-electron chi connectivity index (χ4n) is 14.3. The summed E-state index contributed by atoms with van der Waals surface area (Å²) in [5.74, 6) is -16.7. The fourth-order valence-corrected chi connectivity index (χ4v) is 14.5. The Labute approximate surface area is 740 Å². The molecular weight excluding hydrogens is 1650 g/mol. The number of hydrogen-bond donors (Lipinski definition) is 18. The second kappa shape index (κ2) is 50.6. The zero-order valence-corrected chi connectivity index (χ0v) is 75.3. The first-order valence-corrected chi connectivity index (χ1v) is 43.5. The third-order valence-electron chi connectivity index (χ3n) is 22.0. The van der Waals surface area contributed by atoms with Crippen LogP contribution in [0.4, 0.5) is 0 Å². The number of halogens is 1. The SMILES string of the molecule is CC(=O)N[C@@H](CC(C)C)C(=O)N[C@H](C(=O)N[C@@H](Cc1ccccc1)C(=O)N[C@]1(C)CCCCCC/C=C/CCC[C@@](C)(C(=O)NC(C)C(=O)N[C@@H](C)C(=O)NC(C)C(=O)N[C@@H](C)C(=O)C(=O)[C@H](C)NC[C@H](C)C(N)=O)NC(=O)[C@H](CC(C)C)CCC(=O)[C@H](Cc2c[nH]c3cc(Cl)ccc23)NC(=O)C(Cc2ccc(O)cc2)NC(=O)[C@H](CCC(=O)O)NC1=O)[C@@H](C)O. The number of carboxylic acid groups (broad SMARTS) is 1. The van der Waals surface area contributed by atoms with Crippen molar-refractivity contribution in [2.75, 3.05) is 6.54 Å². The van der Waals surface area contributed by atoms with E-state index in [1.165, 1.54) is 93.5 Å². The van der Waals surface area contributed by atoms with Crippen molar-refractivity contribution in [1.29, 1.82) is 0 Å². The highest BCUT2D eigenvalue weighted by atomic mass is 35.5. The number of allylic oxidation sites excluding steroid dienone is 2. The number of aromatic amines is 1. The molecule has 3 unspecified atom stereocenters. The lowest BCUT2D eigenvalue weighted by Crippen LogP contribution is -2.65. The summed E-state index contributed by atoms with van der Waals surface area (Å²) >= 11 is 6.41. The average Bonchev–Trinajstić information content (AvgIpc) is 1.57. The number of ketones is 3. The summed E-state index contributed by atoms with van der Waals surface area (Å²) in [6, 6.07) is 3.55. The van der Waals surface area contributed by atoms with E-state index in [1.54, 1.807) is 54.7 Å². The number of carboxylic acids is 1. The first-order chi connectivity index (χ1) is 59.2. The lowest BCUT2D eigenvalue weighted by atomic mass is 9.87. The lowest BCUT2D eigenvalue weighted by Gasteiger charge is -2.34. The van der Waals surface area contributed by atoms with Crippen molar-refractivity contribution in [2.45, 2.75) is 296 Å². The number of aromatic hydroxyl groups is 1. The van der Waals surface area contributed by atoms with Crippen LogP contribution in [0.1, 0.15) is 210 Å². The summed E-state index contributed by atoms with van der Waals surface area (Å²) < 4.78 is 0. The zero-order valence-electron chi connectivity index (χ0n) is 74.6. The largest absolute Gasteiger partial charge is 0.508 e. The van der Waals surface area contributed by atoms with Crippen LogP contribution in [0.2, 0.25) is 5.02 Å². The molecule has 0 fully saturated rings. The molecule has 13 amide bonds. The Kier molecular flexibility index (Phi) is 42.2. The van der Waals surface area contributed by atoms with Crippen LogP contribution in [-0.2, 0) is 101 Å². The van der Waals surface area contributed by atoms with E-state index in [4.69, 9.17) is 17.3 Å². The van der Waals surface area contributed by atoms with Gasteiger partial charge in [0.05, 0.1) is 24.2 Å². The quantitative estimate of drug-likeness (QED) is 0.0227. The van der Waals surface area contributed by atoms with Crippen LogP contribution in [0.15, 0.2) is 91.1 Å². The molecule has 126 heavy (non-hydrogen) atoms. The molecule has 16 atom stereocenters. The molecule has 0 aliphatic carbocycles. The van der Waals surface area contributed by atoms with Crippen LogP contribution in [0, 0.1) is 23.7 Å². The van der Waals surface area contributed by atoms with Gasteiger partial charge in [0, 0.05) is 79.5 Å². The Hall–Kier alpha value is -11.5. The first-order valence-electron chi connectivity index (χ1n) is 43.1. The molecule has 4 aromatic rings. The van der Waals surface area contributed by atoms with Gasteiger partial charge in [0.1, 0.15) is 65.2 Å². The molecule has 0 saturated carbocycles. The van der Waals surface area contributed by atoms with Crippen LogP contribution < -0.4 is 74.9 Å². The van der Waals surface area contributed by atoms with E-state index in [1.807, 2.05) is 39.8 Å². The Morgan fingerprint density at radius 2 is 1.17 bits per heavy atom. The van der Waals surface area contributed by atoms with Gasteiger partial charge in [-0.1, -0.05) is 126 Å². The third kappa shape index (κ3) is 34.5. The number of phenols is 1. The van der Waals surface area contributed by atoms with E-state index in [0.29, 0.717) is 71.1 Å². The number of fused-ring (bicyclic) bond motifs is 1. The summed E-state index contributed by atoms with van der Waals surface area (Å²) in [6.45, 7) is 20.9. The van der Waals surface area contributed by atoms with Gasteiger partial charge in [0.25, 0.3) is 0 Å². The third-order valence-corrected chi connectivity index (χ3v) is 22.3. The van der Waals surface area contributed by atoms with E-state index in [0.717, 1.165) is 0 Å². The van der Waals surface area contributed by atoms with Gasteiger partial charge in [-0.15, -0.1) is 0 Å². The van der Waals surface area contributed by atoms with E-state index >= 15 is 28.8 Å². The summed E-state index contributed by atoms with van der Waals surface area (Å²) in [7, 11) is 0. The van der Waals surface area contributed by atoms with Gasteiger partial charge in [0.2, 0.25) is 88.4 Å². The number of phenolic OH excluding ortho intramolecular Hbond substituents is 1. The smallest absolute Gasteiger partial charge is 0.303 e. The van der Waals surface area contributed by atoms with Gasteiger partial charge < -0.3 is 95.2 Å². The molecule has 35 nitrogen and oxygen atoms in total. The highest BCUT2D eigenvalue weighted by molar-refractivity contribution is 6.41. The number of primary amides is 1. The number of amides is 13. The molecule has 19 N–H and O–H groups in total. The maximum atomic E-state index is 15.5. The minimum atomic E-state index is -2.00. The van der Waals surface area contributed by atoms with Crippen molar-refractivity contribution < 1.29 is 96.8 Å². The number of H-pyrrole nitrogens is 1. The van der Waals surface area contributed by atoms with Crippen LogP contribution in [-0.4, -0.2) is 211 Å². The van der Waals surface area contributed by atoms with Gasteiger partial charge in [-0.3, -0.25) is 81.5 Å². The van der Waals surface area contributed by atoms with Crippen molar-refractivity contribution >= 4 is 123 Å². The van der Waals surface area contributed by atoms with Crippen molar-refractivity contribution in [1.82, 2.24) is 74.1 Å². The molecule has 1 aromatic heterocycles. The lowest BCUT2D eigenvalue weighted by molar-refractivity contribution is -0.140. The molecule has 36 heteroatoms. The molecule has 5 rings (SSSR count). The monoisotopic (exact) mass is 1780 g/mol. The molecule has 1 aliphatic heterocycles. The number of carbonyl (C=O) groups is 17. The molecule has 0 radical (unpaired) electrons. The standard InChI is InChI=1S/C90H130ClN15O20/c1-49(2)41-61-31-37-72(110)68(45-62-48-94-67-46-63(91)32-35-65(62)67)100-83(121)70(44-60-29-33-64(109)34-30-60)101-82(120)66(36-38-73(111)112)103-88(126)90(14,106-85(123)71(43-59-27-23-22-24-28-59)102-86(124)74(57(11)107)104-84(122)69(42-50(3)4)99-58(12)108)40-26-21-19-17-15-16-18-20-25-39-89(13,105-81(61)119)87(125)98-56(10)80(118)97-55(9)79(117)96-54(8)78(116)95-53(7)76(114)75(113)52(6)93-47-51(5)77(92)115/h16,18,22-24,27-30,32-35,46,48-57,61,66,68-71,74,93-94,107,109H,15,17,19-21,25-26,31,36-45,47H2,1-14H3,(H2,92,115)(H,95,116)(H,96,117)(H,97,118)(H,98,125)(H,99,108)(H,100,121)(H,101,120)(H,102,124)(H,103,126)(H,104,122)(H,105,119)(H,106,123)(H,111,112)/b18-16+/t51-,52-,53-,54?,55-,56?,57+,61-,66-,68-,69-,70?,71-,74-,89-,90+/m0/s1. The number of nitrogens with two attached hydrogens (primary N) is 1. The predicted octanol–water partition coefficient (Wildman–Crippen LogP) is 3.87. The van der Waals surface area contributed by atoms with Crippen molar-refractivity contribution in [3.05, 3.63) is 113 Å². The normalized spacial score (nSPS) is 21.4. The molecule has 0 spiro atoms. The van der Waals surface area contributed by atoms with E-state index < -0.39 is 208 Å². The summed E-state index contributed by atoms with van der Waals surface area (Å²) in [4.78, 5) is 241. The number of aromatic nitrogens is 1. The Morgan fingerprint density at radius 1 is 0.579 bits per heavy atom. The minimum absolute atomic E-state index is 0.00509. The number of aliphatic carboxylic acids is 1. The number of hydrogen-bond acceptors (Lipinski definition) is 20. The van der Waals surface area contributed by atoms with Gasteiger partial charge in [-0.25, -0.2) is 0 Å². The predicted molar refractivity (Wildman–Crippen MR) is 471 cm³/mol. The van der Waals surface area contributed by atoms with Gasteiger partial charge >= 0.3 is 5.97 Å². The van der Waals surface area contributed by atoms with Crippen molar-refractivity contribution in [3.8, 4) is 5.75 Å². The second-order valence-electron chi connectivity index (χ2n) is 34.4. The van der Waals surface area contributed by atoms with Gasteiger partial charge in [-0.2, -0.15) is 0 Å². The van der Waals surface area contributed by atoms with Crippen LogP contribution >= 0.6 is 11.6 Å². The Bertz CT molecular complexity index is 4500. The van der Waals surface area contributed by atoms with E-state index in [-0.39, 0.29) is 88.3 Å². The Balaban J connectivity index is 1.54. The minimum Gasteiger partial charge on any atom is -0.508 e. The maximum Gasteiger partial charge on any atom is 0.303 e. The number of aliphatic hydroxyl groups is 1. The number of Topliss-reactive ketones (excluding diaryl/α,β-unsaturated/α-hetero) is 3. The number of benzene rings is 3. The molecule has 0 saturated heterocycles. The molecule has 692 valence electrons. The van der Waals surface area contributed by atoms with Gasteiger partial charge in [-0.05, 0) is 172 Å². The molecule has 1 aliphatic rings. The molecule has 3 aromatic carbocycles. The maximum absolute atomic E-state index is 15.5. The van der Waals surface area contributed by atoms with Crippen LogP contribution in [0.3, 0.4) is 0 Å². The molecular formula is C90H130ClN15O20.